The fourth-order valence-corrected chi connectivity index (χ4v) is 3.95. The highest BCUT2D eigenvalue weighted by Crippen LogP contribution is 2.39. The van der Waals surface area contributed by atoms with Crippen LogP contribution in [0.1, 0.15) is 30.3 Å². The molecular weight excluding hydrogens is 396 g/mol. The van der Waals surface area contributed by atoms with Crippen LogP contribution in [0.4, 0.5) is 0 Å². The molecular formula is C19H15ClN6OS. The van der Waals surface area contributed by atoms with Crippen molar-refractivity contribution in [2.75, 3.05) is 0 Å². The van der Waals surface area contributed by atoms with Gasteiger partial charge in [0.2, 0.25) is 0 Å². The Hall–Kier alpha value is -2.71. The topological polar surface area (TPSA) is 82.5 Å². The van der Waals surface area contributed by atoms with Crippen LogP contribution in [0.5, 0.6) is 0 Å². The average Bonchev–Trinajstić information content (AvgIpc) is 3.31. The Labute approximate surface area is 170 Å². The maximum Gasteiger partial charge on any atom is 0.198 e. The van der Waals surface area contributed by atoms with Gasteiger partial charge in [0.15, 0.2) is 11.0 Å². The summed E-state index contributed by atoms with van der Waals surface area (Å²) >= 11 is 7.63. The first-order valence-corrected chi connectivity index (χ1v) is 10.0. The summed E-state index contributed by atoms with van der Waals surface area (Å²) in [6.07, 6.45) is 7.38. The Balaban J connectivity index is 1.53. The van der Waals surface area contributed by atoms with Crippen LogP contribution >= 0.6 is 23.4 Å². The van der Waals surface area contributed by atoms with Crippen molar-refractivity contribution in [1.82, 2.24) is 29.7 Å². The summed E-state index contributed by atoms with van der Waals surface area (Å²) in [6.45, 7) is 0.501. The number of rotatable bonds is 6. The predicted molar refractivity (Wildman–Crippen MR) is 104 cm³/mol. The van der Waals surface area contributed by atoms with E-state index in [1.807, 2.05) is 28.8 Å². The Morgan fingerprint density at radius 1 is 1.18 bits per heavy atom. The quantitative estimate of drug-likeness (QED) is 0.434. The number of aromatic nitrogens is 6. The van der Waals surface area contributed by atoms with E-state index < -0.39 is 0 Å². The van der Waals surface area contributed by atoms with Crippen LogP contribution in [-0.2, 0) is 6.54 Å². The molecule has 7 nitrogen and oxygen atoms in total. The molecule has 4 aromatic rings. The van der Waals surface area contributed by atoms with Crippen molar-refractivity contribution < 1.29 is 4.42 Å². The van der Waals surface area contributed by atoms with Crippen LogP contribution in [0, 0.1) is 0 Å². The normalized spacial score (nSPS) is 13.8. The zero-order valence-corrected chi connectivity index (χ0v) is 16.3. The maximum absolute atomic E-state index is 6.21. The minimum absolute atomic E-state index is 0.421. The second-order valence-electron chi connectivity index (χ2n) is 6.48. The van der Waals surface area contributed by atoms with Crippen LogP contribution < -0.4 is 0 Å². The third kappa shape index (κ3) is 3.65. The van der Waals surface area contributed by atoms with Crippen molar-refractivity contribution in [3.8, 4) is 11.4 Å². The second kappa shape index (κ2) is 7.37. The lowest BCUT2D eigenvalue weighted by molar-refractivity contribution is 0.485. The lowest BCUT2D eigenvalue weighted by atomic mass is 10.2. The van der Waals surface area contributed by atoms with Crippen molar-refractivity contribution in [2.24, 2.45) is 0 Å². The zero-order chi connectivity index (χ0) is 18.9. The van der Waals surface area contributed by atoms with Gasteiger partial charge in [-0.1, -0.05) is 11.6 Å². The number of halogens is 1. The van der Waals surface area contributed by atoms with Crippen molar-refractivity contribution in [3.05, 3.63) is 65.7 Å². The molecule has 1 saturated carbocycles. The first-order valence-electron chi connectivity index (χ1n) is 8.84. The minimum atomic E-state index is 0.421. The molecule has 0 aliphatic heterocycles. The summed E-state index contributed by atoms with van der Waals surface area (Å²) in [5.41, 5.74) is 0.882. The van der Waals surface area contributed by atoms with Crippen LogP contribution in [-0.4, -0.2) is 29.7 Å². The number of nitrogens with zero attached hydrogens (tertiary/aromatic N) is 6. The first-order chi connectivity index (χ1) is 13.8. The highest BCUT2D eigenvalue weighted by atomic mass is 35.5. The van der Waals surface area contributed by atoms with E-state index in [1.54, 1.807) is 24.7 Å². The Bertz CT molecular complexity index is 1100. The third-order valence-corrected chi connectivity index (χ3v) is 5.45. The van der Waals surface area contributed by atoms with Crippen molar-refractivity contribution in [2.45, 2.75) is 35.5 Å². The monoisotopic (exact) mass is 410 g/mol. The molecule has 0 unspecified atom stereocenters. The molecule has 0 N–H and O–H groups in total. The molecule has 0 spiro atoms. The number of hydrogen-bond acceptors (Lipinski definition) is 7. The van der Waals surface area contributed by atoms with Gasteiger partial charge in [-0.05, 0) is 48.9 Å². The van der Waals surface area contributed by atoms with E-state index in [0.29, 0.717) is 22.8 Å². The molecule has 140 valence electrons. The fraction of sp³-hybridized carbons (Fsp3) is 0.211. The standard InChI is InChI=1S/C19H15ClN6OS/c20-15-9-16(23-17(22-15)12-5-6-12)28-19-25-24-18(13-3-1-7-21-10-13)26(19)11-14-4-2-8-27-14/h1-4,7-10,12H,5-6,11H2. The van der Waals surface area contributed by atoms with Gasteiger partial charge in [-0.15, -0.1) is 10.2 Å². The van der Waals surface area contributed by atoms with E-state index in [1.165, 1.54) is 11.8 Å². The highest BCUT2D eigenvalue weighted by Gasteiger charge is 2.27. The third-order valence-electron chi connectivity index (χ3n) is 4.36. The van der Waals surface area contributed by atoms with E-state index in [0.717, 1.165) is 40.8 Å². The Morgan fingerprint density at radius 3 is 2.86 bits per heavy atom. The van der Waals surface area contributed by atoms with Crippen LogP contribution in [0.25, 0.3) is 11.4 Å². The first kappa shape index (κ1) is 17.4. The summed E-state index contributed by atoms with van der Waals surface area (Å²) in [5, 5.41) is 10.7. The van der Waals surface area contributed by atoms with Gasteiger partial charge >= 0.3 is 0 Å². The van der Waals surface area contributed by atoms with E-state index in [4.69, 9.17) is 16.0 Å². The lowest BCUT2D eigenvalue weighted by Crippen LogP contribution is -2.04. The molecule has 4 aromatic heterocycles. The Kier molecular flexibility index (Phi) is 4.58. The van der Waals surface area contributed by atoms with Crippen molar-refractivity contribution in [1.29, 1.82) is 0 Å². The molecule has 1 aliphatic carbocycles. The van der Waals surface area contributed by atoms with E-state index in [-0.39, 0.29) is 0 Å². The molecule has 9 heteroatoms. The largest absolute Gasteiger partial charge is 0.467 e. The van der Waals surface area contributed by atoms with Gasteiger partial charge in [0.1, 0.15) is 21.8 Å². The van der Waals surface area contributed by atoms with Gasteiger partial charge in [-0.2, -0.15) is 0 Å². The van der Waals surface area contributed by atoms with Crippen LogP contribution in [0.15, 0.2) is 63.6 Å². The maximum atomic E-state index is 6.21. The molecule has 1 aliphatic rings. The zero-order valence-electron chi connectivity index (χ0n) is 14.7. The van der Waals surface area contributed by atoms with Gasteiger partial charge in [0.25, 0.3) is 0 Å². The molecule has 5 rings (SSSR count). The lowest BCUT2D eigenvalue weighted by Gasteiger charge is -2.09. The van der Waals surface area contributed by atoms with Crippen LogP contribution in [0.2, 0.25) is 5.15 Å². The molecule has 0 bridgehead atoms. The SMILES string of the molecule is Clc1cc(Sc2nnc(-c3cccnc3)n2Cc2ccco2)nc(C2CC2)n1. The minimum Gasteiger partial charge on any atom is -0.467 e. The van der Waals surface area contributed by atoms with Crippen molar-refractivity contribution >= 4 is 23.4 Å². The average molecular weight is 411 g/mol. The summed E-state index contributed by atoms with van der Waals surface area (Å²) in [7, 11) is 0. The second-order valence-corrected chi connectivity index (χ2v) is 7.85. The summed E-state index contributed by atoms with van der Waals surface area (Å²) in [4.78, 5) is 13.2. The van der Waals surface area contributed by atoms with Gasteiger partial charge in [0.05, 0.1) is 12.8 Å². The number of furan rings is 1. The van der Waals surface area contributed by atoms with Crippen molar-refractivity contribution in [3.63, 3.8) is 0 Å². The molecule has 0 atom stereocenters. The molecule has 0 saturated heterocycles. The van der Waals surface area contributed by atoms with Gasteiger partial charge in [0, 0.05) is 29.9 Å². The number of pyridine rings is 1. The van der Waals surface area contributed by atoms with Crippen LogP contribution in [0.3, 0.4) is 0 Å². The molecule has 1 fully saturated rings. The van der Waals surface area contributed by atoms with E-state index in [2.05, 4.69) is 25.1 Å². The summed E-state index contributed by atoms with van der Waals surface area (Å²) in [5.74, 6) is 2.75. The highest BCUT2D eigenvalue weighted by molar-refractivity contribution is 7.99. The smallest absolute Gasteiger partial charge is 0.198 e. The summed E-state index contributed by atoms with van der Waals surface area (Å²) in [6, 6.07) is 9.38. The van der Waals surface area contributed by atoms with Gasteiger partial charge in [-0.25, -0.2) is 9.97 Å². The predicted octanol–water partition coefficient (Wildman–Crippen LogP) is 4.45. The molecule has 0 aromatic carbocycles. The van der Waals surface area contributed by atoms with Gasteiger partial charge in [-0.3, -0.25) is 9.55 Å². The Morgan fingerprint density at radius 2 is 2.11 bits per heavy atom. The molecule has 0 radical (unpaired) electrons. The molecule has 4 heterocycles. The van der Waals surface area contributed by atoms with E-state index >= 15 is 0 Å². The fourth-order valence-electron chi connectivity index (χ4n) is 2.86. The molecule has 28 heavy (non-hydrogen) atoms. The molecule has 0 amide bonds. The van der Waals surface area contributed by atoms with E-state index in [9.17, 15) is 0 Å². The van der Waals surface area contributed by atoms with Gasteiger partial charge < -0.3 is 4.42 Å². The number of hydrogen-bond donors (Lipinski definition) is 0. The summed E-state index contributed by atoms with van der Waals surface area (Å²) < 4.78 is 7.53.